The Morgan fingerprint density at radius 2 is 0.964 bits per heavy atom. The smallest absolute Gasteiger partial charge is 0.337 e. The van der Waals surface area contributed by atoms with Gasteiger partial charge in [0, 0.05) is 11.1 Å². The molecule has 2 aromatic rings. The van der Waals surface area contributed by atoms with Crippen molar-refractivity contribution < 1.29 is 29.4 Å². The third-order valence-corrected chi connectivity index (χ3v) is 5.92. The van der Waals surface area contributed by atoms with E-state index in [1.54, 1.807) is 36.4 Å². The summed E-state index contributed by atoms with van der Waals surface area (Å²) in [5.41, 5.74) is 0.540. The molecule has 0 heterocycles. The van der Waals surface area contributed by atoms with Crippen LogP contribution in [0.3, 0.4) is 0 Å². The molecule has 28 heavy (non-hydrogen) atoms. The van der Waals surface area contributed by atoms with Crippen LogP contribution >= 0.6 is 21.6 Å². The van der Waals surface area contributed by atoms with Crippen LogP contribution in [-0.4, -0.2) is 44.7 Å². The molecule has 2 aromatic carbocycles. The number of rotatable bonds is 9. The molecule has 0 spiro atoms. The lowest BCUT2D eigenvalue weighted by Gasteiger charge is -2.17. The lowest BCUT2D eigenvalue weighted by atomic mass is 10.2. The van der Waals surface area contributed by atoms with Crippen LogP contribution < -0.4 is 10.6 Å². The van der Waals surface area contributed by atoms with Gasteiger partial charge in [0.15, 0.2) is 10.7 Å². The molecule has 2 amide bonds. The molecule has 0 radical (unpaired) electrons. The van der Waals surface area contributed by atoms with Gasteiger partial charge in [-0.1, -0.05) is 58.0 Å². The first-order valence-electron chi connectivity index (χ1n) is 7.88. The monoisotopic (exact) mass is 420 g/mol. The van der Waals surface area contributed by atoms with Crippen molar-refractivity contribution in [3.8, 4) is 0 Å². The second-order valence-corrected chi connectivity index (χ2v) is 7.79. The Morgan fingerprint density at radius 3 is 1.25 bits per heavy atom. The zero-order valence-corrected chi connectivity index (χ0v) is 15.9. The molecule has 0 saturated carbocycles. The molecule has 0 unspecified atom stereocenters. The quantitative estimate of drug-likeness (QED) is 0.358. The van der Waals surface area contributed by atoms with Crippen LogP contribution in [0.1, 0.15) is 20.7 Å². The van der Waals surface area contributed by atoms with Gasteiger partial charge in [0.2, 0.25) is 0 Å². The summed E-state index contributed by atoms with van der Waals surface area (Å²) in [5.74, 6) is -3.91. The molecular weight excluding hydrogens is 404 g/mol. The van der Waals surface area contributed by atoms with E-state index in [-0.39, 0.29) is 11.1 Å². The third-order valence-electron chi connectivity index (χ3n) is 3.29. The Bertz CT molecular complexity index is 776. The van der Waals surface area contributed by atoms with Crippen LogP contribution in [0.2, 0.25) is 0 Å². The molecule has 0 aromatic heterocycles. The van der Waals surface area contributed by atoms with Crippen LogP contribution in [0, 0.1) is 0 Å². The number of benzene rings is 2. The van der Waals surface area contributed by atoms with E-state index in [4.69, 9.17) is 0 Å². The zero-order chi connectivity index (χ0) is 20.5. The maximum Gasteiger partial charge on any atom is 0.337 e. The van der Waals surface area contributed by atoms with E-state index in [9.17, 15) is 29.4 Å². The van der Waals surface area contributed by atoms with E-state index in [0.717, 1.165) is 0 Å². The molecule has 146 valence electrons. The van der Waals surface area contributed by atoms with Crippen molar-refractivity contribution >= 4 is 45.3 Å². The molecule has 0 aliphatic carbocycles. The highest BCUT2D eigenvalue weighted by Crippen LogP contribution is 2.30. The normalized spacial score (nSPS) is 12.4. The second-order valence-electron chi connectivity index (χ2n) is 5.31. The number of carbonyl (C=O) groups is 4. The number of hydrogen-bond acceptors (Lipinski definition) is 6. The van der Waals surface area contributed by atoms with E-state index in [2.05, 4.69) is 10.6 Å². The van der Waals surface area contributed by atoms with Gasteiger partial charge in [0.05, 0.1) is 0 Å². The predicted octanol–water partition coefficient (Wildman–Crippen LogP) is 2.05. The molecular formula is C18H16N2O6S2. The van der Waals surface area contributed by atoms with Gasteiger partial charge in [0.25, 0.3) is 11.8 Å². The van der Waals surface area contributed by atoms with Gasteiger partial charge in [-0.3, -0.25) is 9.59 Å². The number of carbonyl (C=O) groups excluding carboxylic acids is 2. The first-order valence-corrected chi connectivity index (χ1v) is 10.2. The Balaban J connectivity index is 1.99. The van der Waals surface area contributed by atoms with Crippen molar-refractivity contribution in [2.45, 2.75) is 10.7 Å². The summed E-state index contributed by atoms with van der Waals surface area (Å²) in [6, 6.07) is 16.0. The fourth-order valence-electron chi connectivity index (χ4n) is 1.95. The highest BCUT2D eigenvalue weighted by molar-refractivity contribution is 8.77. The zero-order valence-electron chi connectivity index (χ0n) is 14.3. The molecule has 0 saturated heterocycles. The minimum Gasteiger partial charge on any atom is -0.479 e. The van der Waals surface area contributed by atoms with E-state index in [1.807, 2.05) is 0 Å². The highest BCUT2D eigenvalue weighted by atomic mass is 33.1. The van der Waals surface area contributed by atoms with Crippen molar-refractivity contribution in [1.29, 1.82) is 0 Å². The molecule has 10 heteroatoms. The number of nitrogens with one attached hydrogen (secondary N) is 2. The molecule has 0 aliphatic heterocycles. The van der Waals surface area contributed by atoms with Crippen molar-refractivity contribution in [1.82, 2.24) is 10.6 Å². The maximum atomic E-state index is 12.1. The standard InChI is InChI=1S/C18H16N2O6S2/c21-13(11-7-3-1-4-8-11)19-15(17(23)24)27-28-16(18(25)26)20-14(22)12-9-5-2-6-10-12/h1-10,15-16H,(H,19,21)(H,20,22)(H,23,24)(H,25,26)/t15-,16-/m1/s1. The van der Waals surface area contributed by atoms with Crippen LogP contribution in [0.25, 0.3) is 0 Å². The number of amides is 2. The molecule has 4 N–H and O–H groups in total. The average molecular weight is 420 g/mol. The van der Waals surface area contributed by atoms with Gasteiger partial charge in [-0.05, 0) is 24.3 Å². The van der Waals surface area contributed by atoms with E-state index >= 15 is 0 Å². The Hall–Kier alpha value is -2.98. The predicted molar refractivity (Wildman–Crippen MR) is 106 cm³/mol. The Kier molecular flexibility index (Phi) is 7.90. The summed E-state index contributed by atoms with van der Waals surface area (Å²) in [6.45, 7) is 0. The van der Waals surface area contributed by atoms with E-state index in [0.29, 0.717) is 21.6 Å². The molecule has 2 atom stereocenters. The number of carboxylic acids is 2. The third kappa shape index (κ3) is 6.32. The number of hydrogen-bond donors (Lipinski definition) is 4. The first kappa shape index (κ1) is 21.3. The summed E-state index contributed by atoms with van der Waals surface area (Å²) in [5, 5.41) is 20.4. The van der Waals surface area contributed by atoms with Gasteiger partial charge in [-0.2, -0.15) is 0 Å². The van der Waals surface area contributed by atoms with E-state index < -0.39 is 34.5 Å². The van der Waals surface area contributed by atoms with Crippen molar-refractivity contribution in [3.63, 3.8) is 0 Å². The Labute approximate surface area is 168 Å². The second kappa shape index (κ2) is 10.4. The minimum absolute atomic E-state index is 0.270. The van der Waals surface area contributed by atoms with Crippen LogP contribution in [-0.2, 0) is 9.59 Å². The average Bonchev–Trinajstić information content (AvgIpc) is 2.70. The molecule has 0 bridgehead atoms. The minimum atomic E-state index is -1.41. The molecule has 0 aliphatic rings. The van der Waals surface area contributed by atoms with Gasteiger partial charge < -0.3 is 20.8 Å². The van der Waals surface area contributed by atoms with Crippen LogP contribution in [0.5, 0.6) is 0 Å². The van der Waals surface area contributed by atoms with Gasteiger partial charge in [-0.25, -0.2) is 9.59 Å². The summed E-state index contributed by atoms with van der Waals surface area (Å²) in [6.07, 6.45) is 0. The maximum absolute atomic E-state index is 12.1. The van der Waals surface area contributed by atoms with Crippen molar-refractivity contribution in [2.75, 3.05) is 0 Å². The van der Waals surface area contributed by atoms with Crippen molar-refractivity contribution in [2.24, 2.45) is 0 Å². The summed E-state index contributed by atoms with van der Waals surface area (Å²) >= 11 is 0. The number of aliphatic carboxylic acids is 2. The fraction of sp³-hybridized carbons (Fsp3) is 0.111. The largest absolute Gasteiger partial charge is 0.479 e. The van der Waals surface area contributed by atoms with Crippen LogP contribution in [0.4, 0.5) is 0 Å². The van der Waals surface area contributed by atoms with Gasteiger partial charge in [0.1, 0.15) is 0 Å². The summed E-state index contributed by atoms with van der Waals surface area (Å²) in [4.78, 5) is 47.1. The van der Waals surface area contributed by atoms with E-state index in [1.165, 1.54) is 24.3 Å². The molecule has 0 fully saturated rings. The molecule has 2 rings (SSSR count). The molecule has 8 nitrogen and oxygen atoms in total. The highest BCUT2D eigenvalue weighted by Gasteiger charge is 2.27. The Morgan fingerprint density at radius 1 is 0.643 bits per heavy atom. The lowest BCUT2D eigenvalue weighted by molar-refractivity contribution is -0.137. The first-order chi connectivity index (χ1) is 13.4. The fourth-order valence-corrected chi connectivity index (χ4v) is 4.10. The topological polar surface area (TPSA) is 133 Å². The SMILES string of the molecule is O=C(N[C@H](SS[C@@H](NC(=O)c1ccccc1)C(=O)O)C(=O)O)c1ccccc1. The van der Waals surface area contributed by atoms with Crippen LogP contribution in [0.15, 0.2) is 60.7 Å². The van der Waals surface area contributed by atoms with Gasteiger partial charge in [-0.15, -0.1) is 0 Å². The van der Waals surface area contributed by atoms with Gasteiger partial charge >= 0.3 is 11.9 Å². The van der Waals surface area contributed by atoms with Crippen molar-refractivity contribution in [3.05, 3.63) is 71.8 Å². The summed E-state index contributed by atoms with van der Waals surface area (Å²) < 4.78 is 0. The summed E-state index contributed by atoms with van der Waals surface area (Å²) in [7, 11) is 1.23. The number of carboxylic acid groups (broad SMARTS) is 2. The lowest BCUT2D eigenvalue weighted by Crippen LogP contribution is -2.40.